The van der Waals surface area contributed by atoms with Crippen LogP contribution in [0.3, 0.4) is 0 Å². The smallest absolute Gasteiger partial charge is 0.374 e. The lowest BCUT2D eigenvalue weighted by Crippen LogP contribution is -2.14. The van der Waals surface area contributed by atoms with E-state index in [1.165, 1.54) is 5.56 Å². The third kappa shape index (κ3) is 5.95. The molecule has 7 heteroatoms. The van der Waals surface area contributed by atoms with Gasteiger partial charge < -0.3 is 19.2 Å². The Morgan fingerprint density at radius 3 is 2.46 bits per heavy atom. The lowest BCUT2D eigenvalue weighted by atomic mass is 10.1. The maximum absolute atomic E-state index is 12.8. The van der Waals surface area contributed by atoms with E-state index < -0.39 is 17.3 Å². The van der Waals surface area contributed by atoms with E-state index in [-0.39, 0.29) is 29.0 Å². The first-order chi connectivity index (χ1) is 17.0. The van der Waals surface area contributed by atoms with Crippen molar-refractivity contribution in [1.29, 1.82) is 0 Å². The number of hydrogen-bond donors (Lipinski definition) is 1. The molecule has 0 atom stereocenters. The lowest BCUT2D eigenvalue weighted by molar-refractivity contribution is 0.0490. The Balaban J connectivity index is 1.42. The number of ether oxygens (including phenoxy) is 2. The van der Waals surface area contributed by atoms with Gasteiger partial charge in [-0.1, -0.05) is 36.4 Å². The lowest BCUT2D eigenvalue weighted by Gasteiger charge is -2.10. The van der Waals surface area contributed by atoms with Crippen LogP contribution in [-0.4, -0.2) is 25.1 Å². The predicted molar refractivity (Wildman–Crippen MR) is 133 cm³/mol. The minimum atomic E-state index is -0.744. The molecule has 1 aromatic heterocycles. The molecule has 0 saturated heterocycles. The standard InChI is InChI=1S/C28H25NO6/c1-2-33-28(32)25-18-24(30)22-11-6-12-23(26(22)35-25)29-27(31)20-13-15-21(16-14-20)34-17-7-10-19-8-4-3-5-9-19/h3-6,8-9,11-16,18H,2,7,10,17H2,1H3,(H,29,31). The number of anilines is 1. The molecular formula is C28H25NO6. The first kappa shape index (κ1) is 23.8. The maximum Gasteiger partial charge on any atom is 0.374 e. The van der Waals surface area contributed by atoms with Gasteiger partial charge in [-0.15, -0.1) is 0 Å². The van der Waals surface area contributed by atoms with Crippen LogP contribution in [0.25, 0.3) is 11.0 Å². The molecule has 1 N–H and O–H groups in total. The Labute approximate surface area is 202 Å². The number of nitrogens with one attached hydrogen (secondary N) is 1. The summed E-state index contributed by atoms with van der Waals surface area (Å²) in [6.07, 6.45) is 1.81. The zero-order chi connectivity index (χ0) is 24.6. The summed E-state index contributed by atoms with van der Waals surface area (Å²) in [7, 11) is 0. The molecule has 4 aromatic rings. The average Bonchev–Trinajstić information content (AvgIpc) is 2.88. The van der Waals surface area contributed by atoms with E-state index in [1.807, 2.05) is 18.2 Å². The number of para-hydroxylation sites is 1. The Morgan fingerprint density at radius 2 is 1.71 bits per heavy atom. The Hall–Kier alpha value is -4.39. The molecule has 1 heterocycles. The van der Waals surface area contributed by atoms with Crippen LogP contribution in [0.5, 0.6) is 5.75 Å². The molecule has 4 rings (SSSR count). The van der Waals surface area contributed by atoms with Gasteiger partial charge in [0.05, 0.1) is 24.3 Å². The van der Waals surface area contributed by atoms with Crippen molar-refractivity contribution in [2.45, 2.75) is 19.8 Å². The van der Waals surface area contributed by atoms with Crippen molar-refractivity contribution >= 4 is 28.5 Å². The fourth-order valence-corrected chi connectivity index (χ4v) is 3.59. The number of esters is 1. The highest BCUT2D eigenvalue weighted by molar-refractivity contribution is 6.08. The summed E-state index contributed by atoms with van der Waals surface area (Å²) in [5, 5.41) is 3.00. The maximum atomic E-state index is 12.8. The molecule has 7 nitrogen and oxygen atoms in total. The Bertz CT molecular complexity index is 1380. The van der Waals surface area contributed by atoms with Crippen molar-refractivity contribution in [3.63, 3.8) is 0 Å². The molecule has 35 heavy (non-hydrogen) atoms. The molecule has 1 amide bonds. The average molecular weight is 472 g/mol. The van der Waals surface area contributed by atoms with Gasteiger partial charge in [0.25, 0.3) is 5.91 Å². The van der Waals surface area contributed by atoms with Crippen LogP contribution < -0.4 is 15.5 Å². The van der Waals surface area contributed by atoms with Crippen molar-refractivity contribution in [1.82, 2.24) is 0 Å². The number of hydrogen-bond acceptors (Lipinski definition) is 6. The highest BCUT2D eigenvalue weighted by Crippen LogP contribution is 2.24. The minimum Gasteiger partial charge on any atom is -0.494 e. The van der Waals surface area contributed by atoms with E-state index in [2.05, 4.69) is 17.4 Å². The summed E-state index contributed by atoms with van der Waals surface area (Å²) in [4.78, 5) is 37.3. The molecule has 0 bridgehead atoms. The van der Waals surface area contributed by atoms with Crippen LogP contribution in [0, 0.1) is 0 Å². The molecule has 0 unspecified atom stereocenters. The first-order valence-electron chi connectivity index (χ1n) is 11.4. The minimum absolute atomic E-state index is 0.106. The zero-order valence-corrected chi connectivity index (χ0v) is 19.3. The van der Waals surface area contributed by atoms with E-state index in [4.69, 9.17) is 13.9 Å². The number of aryl methyl sites for hydroxylation is 1. The fourth-order valence-electron chi connectivity index (χ4n) is 3.59. The molecule has 0 aliphatic rings. The second-order valence-corrected chi connectivity index (χ2v) is 7.79. The molecule has 0 aliphatic carbocycles. The van der Waals surface area contributed by atoms with E-state index in [0.29, 0.717) is 17.9 Å². The molecule has 0 aliphatic heterocycles. The Morgan fingerprint density at radius 1 is 0.943 bits per heavy atom. The SMILES string of the molecule is CCOC(=O)c1cc(=O)c2cccc(NC(=O)c3ccc(OCCCc4ccccc4)cc3)c2o1. The van der Waals surface area contributed by atoms with Crippen LogP contribution in [-0.2, 0) is 11.2 Å². The predicted octanol–water partition coefficient (Wildman–Crippen LogP) is 5.23. The van der Waals surface area contributed by atoms with E-state index in [9.17, 15) is 14.4 Å². The van der Waals surface area contributed by atoms with Crippen molar-refractivity contribution in [2.24, 2.45) is 0 Å². The Kier molecular flexibility index (Phi) is 7.57. The zero-order valence-electron chi connectivity index (χ0n) is 19.3. The molecule has 0 saturated carbocycles. The fraction of sp³-hybridized carbons (Fsp3) is 0.179. The highest BCUT2D eigenvalue weighted by Gasteiger charge is 2.17. The van der Waals surface area contributed by atoms with Gasteiger partial charge in [-0.05, 0) is 61.7 Å². The molecule has 0 radical (unpaired) electrons. The summed E-state index contributed by atoms with van der Waals surface area (Å²) in [6, 6.07) is 22.9. The number of carbonyl (C=O) groups is 2. The molecule has 0 fully saturated rings. The first-order valence-corrected chi connectivity index (χ1v) is 11.4. The number of carbonyl (C=O) groups excluding carboxylic acids is 2. The molecule has 178 valence electrons. The van der Waals surface area contributed by atoms with E-state index >= 15 is 0 Å². The summed E-state index contributed by atoms with van der Waals surface area (Å²) in [5.41, 5.74) is 1.65. The number of amides is 1. The van der Waals surface area contributed by atoms with Crippen molar-refractivity contribution < 1.29 is 23.5 Å². The van der Waals surface area contributed by atoms with Crippen LogP contribution in [0.1, 0.15) is 39.8 Å². The van der Waals surface area contributed by atoms with Gasteiger partial charge >= 0.3 is 5.97 Å². The third-order valence-electron chi connectivity index (χ3n) is 5.32. The third-order valence-corrected chi connectivity index (χ3v) is 5.32. The van der Waals surface area contributed by atoms with Crippen LogP contribution in [0.4, 0.5) is 5.69 Å². The van der Waals surface area contributed by atoms with Crippen molar-refractivity contribution in [2.75, 3.05) is 18.5 Å². The quantitative estimate of drug-likeness (QED) is 0.265. The summed E-state index contributed by atoms with van der Waals surface area (Å²) < 4.78 is 16.3. The van der Waals surface area contributed by atoms with Gasteiger partial charge in [-0.25, -0.2) is 4.79 Å². The van der Waals surface area contributed by atoms with Crippen molar-refractivity contribution in [3.05, 3.63) is 106 Å². The molecular weight excluding hydrogens is 446 g/mol. The summed E-state index contributed by atoms with van der Waals surface area (Å²) in [5.74, 6) is -0.686. The van der Waals surface area contributed by atoms with Gasteiger partial charge in [0.2, 0.25) is 5.76 Å². The van der Waals surface area contributed by atoms with Crippen molar-refractivity contribution in [3.8, 4) is 5.75 Å². The van der Waals surface area contributed by atoms with Gasteiger partial charge in [0, 0.05) is 11.6 Å². The number of benzene rings is 3. The number of rotatable bonds is 9. The van der Waals surface area contributed by atoms with Crippen LogP contribution >= 0.6 is 0 Å². The normalized spacial score (nSPS) is 10.7. The largest absolute Gasteiger partial charge is 0.494 e. The monoisotopic (exact) mass is 471 g/mol. The van der Waals surface area contributed by atoms with Crippen LogP contribution in [0.2, 0.25) is 0 Å². The van der Waals surface area contributed by atoms with Gasteiger partial charge in [0.15, 0.2) is 11.0 Å². The van der Waals surface area contributed by atoms with Gasteiger partial charge in [-0.3, -0.25) is 9.59 Å². The van der Waals surface area contributed by atoms with E-state index in [1.54, 1.807) is 49.4 Å². The van der Waals surface area contributed by atoms with Gasteiger partial charge in [-0.2, -0.15) is 0 Å². The number of fused-ring (bicyclic) bond motifs is 1. The summed E-state index contributed by atoms with van der Waals surface area (Å²) >= 11 is 0. The topological polar surface area (TPSA) is 94.8 Å². The van der Waals surface area contributed by atoms with Crippen LogP contribution in [0.15, 0.2) is 88.1 Å². The second kappa shape index (κ2) is 11.2. The summed E-state index contributed by atoms with van der Waals surface area (Å²) in [6.45, 7) is 2.37. The van der Waals surface area contributed by atoms with E-state index in [0.717, 1.165) is 18.9 Å². The molecule has 0 spiro atoms. The molecule has 3 aromatic carbocycles. The second-order valence-electron chi connectivity index (χ2n) is 7.79. The van der Waals surface area contributed by atoms with Gasteiger partial charge in [0.1, 0.15) is 5.75 Å². The highest BCUT2D eigenvalue weighted by atomic mass is 16.5.